The summed E-state index contributed by atoms with van der Waals surface area (Å²) < 4.78 is 5.04. The van der Waals surface area contributed by atoms with Crippen LogP contribution in [-0.4, -0.2) is 12.9 Å². The van der Waals surface area contributed by atoms with Gasteiger partial charge in [0, 0.05) is 5.56 Å². The third-order valence-electron chi connectivity index (χ3n) is 2.53. The molecule has 2 rings (SSSR count). The molecule has 0 bridgehead atoms. The second-order valence-corrected chi connectivity index (χ2v) is 5.40. The molecule has 0 atom stereocenters. The Kier molecular flexibility index (Phi) is 3.95. The molecule has 94 valence electrons. The van der Waals surface area contributed by atoms with Gasteiger partial charge in [0.2, 0.25) is 5.78 Å². The summed E-state index contributed by atoms with van der Waals surface area (Å²) in [5, 5.41) is 2.71. The summed E-state index contributed by atoms with van der Waals surface area (Å²) in [4.78, 5) is 12.8. The summed E-state index contributed by atoms with van der Waals surface area (Å²) in [5.74, 6) is 0.454. The first-order chi connectivity index (χ1) is 8.54. The molecule has 18 heavy (non-hydrogen) atoms. The van der Waals surface area contributed by atoms with E-state index in [0.29, 0.717) is 26.2 Å². The van der Waals surface area contributed by atoms with E-state index in [4.69, 9.17) is 27.9 Å². The van der Waals surface area contributed by atoms with E-state index < -0.39 is 0 Å². The van der Waals surface area contributed by atoms with Gasteiger partial charge in [-0.15, -0.1) is 11.3 Å². The number of rotatable bonds is 3. The molecule has 5 heteroatoms. The number of hydrogen-bond donors (Lipinski definition) is 0. The Balaban J connectivity index is 2.43. The zero-order valence-corrected chi connectivity index (χ0v) is 12.1. The van der Waals surface area contributed by atoms with Crippen molar-refractivity contribution in [1.82, 2.24) is 0 Å². The number of hydrogen-bond acceptors (Lipinski definition) is 3. The molecule has 1 aromatic heterocycles. The second kappa shape index (κ2) is 5.31. The smallest absolute Gasteiger partial charge is 0.205 e. The van der Waals surface area contributed by atoms with Crippen LogP contribution in [0.25, 0.3) is 0 Å². The first kappa shape index (κ1) is 13.4. The van der Waals surface area contributed by atoms with Crippen LogP contribution in [0.4, 0.5) is 0 Å². The Morgan fingerprint density at radius 3 is 2.56 bits per heavy atom. The molecule has 0 amide bonds. The number of halogens is 2. The van der Waals surface area contributed by atoms with Gasteiger partial charge in [0.15, 0.2) is 0 Å². The van der Waals surface area contributed by atoms with Crippen molar-refractivity contribution in [3.8, 4) is 5.75 Å². The van der Waals surface area contributed by atoms with Crippen molar-refractivity contribution in [3.05, 3.63) is 49.6 Å². The lowest BCUT2D eigenvalue weighted by Crippen LogP contribution is -2.00. The van der Waals surface area contributed by atoms with Crippen molar-refractivity contribution in [2.75, 3.05) is 7.11 Å². The van der Waals surface area contributed by atoms with E-state index >= 15 is 0 Å². The van der Waals surface area contributed by atoms with E-state index in [-0.39, 0.29) is 5.78 Å². The van der Waals surface area contributed by atoms with Crippen molar-refractivity contribution in [1.29, 1.82) is 0 Å². The maximum absolute atomic E-state index is 12.3. The highest BCUT2D eigenvalue weighted by molar-refractivity contribution is 7.13. The topological polar surface area (TPSA) is 26.3 Å². The van der Waals surface area contributed by atoms with Gasteiger partial charge in [0.05, 0.1) is 22.0 Å². The molecule has 0 saturated heterocycles. The Morgan fingerprint density at radius 1 is 1.33 bits per heavy atom. The molecule has 1 heterocycles. The van der Waals surface area contributed by atoms with Crippen molar-refractivity contribution < 1.29 is 9.53 Å². The van der Waals surface area contributed by atoms with E-state index in [0.717, 1.165) is 5.56 Å². The highest BCUT2D eigenvalue weighted by Gasteiger charge is 2.19. The van der Waals surface area contributed by atoms with E-state index in [1.165, 1.54) is 11.3 Å². The molecule has 2 nitrogen and oxygen atoms in total. The van der Waals surface area contributed by atoms with Crippen LogP contribution in [0.2, 0.25) is 10.0 Å². The molecule has 0 unspecified atom stereocenters. The fourth-order valence-corrected chi connectivity index (χ4v) is 3.00. The zero-order valence-electron chi connectivity index (χ0n) is 9.79. The van der Waals surface area contributed by atoms with Gasteiger partial charge in [0.25, 0.3) is 0 Å². The minimum atomic E-state index is -0.161. The van der Waals surface area contributed by atoms with Crippen LogP contribution in [0.5, 0.6) is 5.75 Å². The molecule has 0 radical (unpaired) electrons. The summed E-state index contributed by atoms with van der Waals surface area (Å²) in [6.45, 7) is 1.87. The number of carbonyl (C=O) groups is 1. The van der Waals surface area contributed by atoms with Crippen LogP contribution in [0.1, 0.15) is 20.8 Å². The fourth-order valence-electron chi connectivity index (χ4n) is 1.51. The van der Waals surface area contributed by atoms with Gasteiger partial charge < -0.3 is 4.74 Å². The van der Waals surface area contributed by atoms with Gasteiger partial charge >= 0.3 is 0 Å². The molecule has 1 aromatic carbocycles. The largest absolute Gasteiger partial charge is 0.497 e. The first-order valence-corrected chi connectivity index (χ1v) is 6.80. The number of carbonyl (C=O) groups excluding carboxylic acids is 1. The van der Waals surface area contributed by atoms with Crippen molar-refractivity contribution in [3.63, 3.8) is 0 Å². The summed E-state index contributed by atoms with van der Waals surface area (Å²) in [6, 6.07) is 4.96. The van der Waals surface area contributed by atoms with Crippen molar-refractivity contribution in [2.24, 2.45) is 0 Å². The molecule has 0 saturated carbocycles. The highest BCUT2D eigenvalue weighted by Crippen LogP contribution is 2.32. The Labute approximate surface area is 119 Å². The van der Waals surface area contributed by atoms with Crippen LogP contribution >= 0.6 is 34.5 Å². The van der Waals surface area contributed by atoms with Crippen molar-refractivity contribution in [2.45, 2.75) is 6.92 Å². The van der Waals surface area contributed by atoms with Gasteiger partial charge in [-0.05, 0) is 36.1 Å². The lowest BCUT2D eigenvalue weighted by molar-refractivity contribution is 0.104. The molecule has 0 aliphatic carbocycles. The summed E-state index contributed by atoms with van der Waals surface area (Å²) >= 11 is 13.5. The second-order valence-electron chi connectivity index (χ2n) is 3.74. The predicted octanol–water partition coefficient (Wildman–Crippen LogP) is 4.60. The number of methoxy groups -OCH3 is 1. The van der Waals surface area contributed by atoms with E-state index in [2.05, 4.69) is 0 Å². The Hall–Kier alpha value is -1.03. The molecule has 0 fully saturated rings. The predicted molar refractivity (Wildman–Crippen MR) is 75.5 cm³/mol. The van der Waals surface area contributed by atoms with Crippen LogP contribution in [0.3, 0.4) is 0 Å². The summed E-state index contributed by atoms with van der Waals surface area (Å²) in [7, 11) is 1.55. The minimum Gasteiger partial charge on any atom is -0.497 e. The average Bonchev–Trinajstić information content (AvgIpc) is 2.69. The van der Waals surface area contributed by atoms with E-state index in [9.17, 15) is 4.79 Å². The van der Waals surface area contributed by atoms with Crippen LogP contribution in [-0.2, 0) is 0 Å². The third kappa shape index (κ3) is 2.39. The standard InChI is InChI=1S/C13H10Cl2O2S/c1-7-6-18-13(11(7)15)12(16)9-4-3-8(17-2)5-10(9)14/h3-6H,1-2H3. The fraction of sp³-hybridized carbons (Fsp3) is 0.154. The Bertz CT molecular complexity index is 605. The monoisotopic (exact) mass is 300 g/mol. The van der Waals surface area contributed by atoms with E-state index in [1.807, 2.05) is 12.3 Å². The highest BCUT2D eigenvalue weighted by atomic mass is 35.5. The molecule has 0 aliphatic heterocycles. The Morgan fingerprint density at radius 2 is 2.06 bits per heavy atom. The van der Waals surface area contributed by atoms with Gasteiger partial charge in [0.1, 0.15) is 5.75 Å². The zero-order chi connectivity index (χ0) is 13.3. The van der Waals surface area contributed by atoms with Gasteiger partial charge in [-0.1, -0.05) is 23.2 Å². The molecule has 0 spiro atoms. The van der Waals surface area contributed by atoms with Gasteiger partial charge in [-0.3, -0.25) is 4.79 Å². The van der Waals surface area contributed by atoms with Gasteiger partial charge in [-0.25, -0.2) is 0 Å². The first-order valence-electron chi connectivity index (χ1n) is 5.16. The lowest BCUT2D eigenvalue weighted by atomic mass is 10.1. The number of ketones is 1. The molecule has 0 N–H and O–H groups in total. The van der Waals surface area contributed by atoms with Gasteiger partial charge in [-0.2, -0.15) is 0 Å². The lowest BCUT2D eigenvalue weighted by Gasteiger charge is -2.05. The molecule has 2 aromatic rings. The quantitative estimate of drug-likeness (QED) is 0.774. The molecular weight excluding hydrogens is 291 g/mol. The summed E-state index contributed by atoms with van der Waals surface area (Å²) in [6.07, 6.45) is 0. The maximum atomic E-state index is 12.3. The van der Waals surface area contributed by atoms with Crippen LogP contribution < -0.4 is 4.74 Å². The number of benzene rings is 1. The van der Waals surface area contributed by atoms with Crippen molar-refractivity contribution >= 4 is 40.3 Å². The normalized spacial score (nSPS) is 10.4. The summed E-state index contributed by atoms with van der Waals surface area (Å²) in [5.41, 5.74) is 1.33. The van der Waals surface area contributed by atoms with Crippen LogP contribution in [0.15, 0.2) is 23.6 Å². The third-order valence-corrected chi connectivity index (χ3v) is 4.53. The van der Waals surface area contributed by atoms with Crippen LogP contribution in [0, 0.1) is 6.92 Å². The number of thiophene rings is 1. The maximum Gasteiger partial charge on any atom is 0.205 e. The minimum absolute atomic E-state index is 0.161. The number of aryl methyl sites for hydroxylation is 1. The number of ether oxygens (including phenoxy) is 1. The molecular formula is C13H10Cl2O2S. The molecule has 0 aliphatic rings. The van der Waals surface area contributed by atoms with E-state index in [1.54, 1.807) is 25.3 Å². The SMILES string of the molecule is COc1ccc(C(=O)c2scc(C)c2Cl)c(Cl)c1. The average molecular weight is 301 g/mol.